The van der Waals surface area contributed by atoms with Crippen molar-refractivity contribution in [1.29, 1.82) is 0 Å². The lowest BCUT2D eigenvalue weighted by atomic mass is 9.97. The van der Waals surface area contributed by atoms with Crippen LogP contribution >= 0.6 is 0 Å². The number of nitrogens with zero attached hydrogens (tertiary/aromatic N) is 2. The third-order valence-electron chi connectivity index (χ3n) is 4.91. The van der Waals surface area contributed by atoms with Crippen molar-refractivity contribution in [2.24, 2.45) is 0 Å². The molecule has 25 heavy (non-hydrogen) atoms. The fourth-order valence-corrected chi connectivity index (χ4v) is 3.56. The number of hydrogen-bond donors (Lipinski definition) is 2. The summed E-state index contributed by atoms with van der Waals surface area (Å²) in [6, 6.07) is 10.4. The first kappa shape index (κ1) is 16.3. The van der Waals surface area contributed by atoms with Gasteiger partial charge in [-0.05, 0) is 23.6 Å². The molecule has 2 aromatic rings. The lowest BCUT2D eigenvalue weighted by molar-refractivity contribution is -0.121. The van der Waals surface area contributed by atoms with Crippen molar-refractivity contribution in [3.8, 4) is 0 Å². The molecule has 1 atom stereocenters. The molecular formula is C19H24N4O2. The van der Waals surface area contributed by atoms with E-state index in [2.05, 4.69) is 40.0 Å². The number of aryl methyl sites for hydroxylation is 1. The van der Waals surface area contributed by atoms with Gasteiger partial charge in [0.05, 0.1) is 24.5 Å². The quantitative estimate of drug-likeness (QED) is 0.862. The van der Waals surface area contributed by atoms with Gasteiger partial charge in [0.15, 0.2) is 0 Å². The summed E-state index contributed by atoms with van der Waals surface area (Å²) >= 11 is 0. The minimum Gasteiger partial charge on any atom is -0.371 e. The maximum atomic E-state index is 12.2. The number of rotatable bonds is 5. The van der Waals surface area contributed by atoms with Crippen LogP contribution in [-0.4, -0.2) is 35.4 Å². The van der Waals surface area contributed by atoms with Crippen molar-refractivity contribution in [2.75, 3.05) is 19.7 Å². The highest BCUT2D eigenvalue weighted by Crippen LogP contribution is 2.26. The number of hydrogen-bond acceptors (Lipinski definition) is 4. The number of carbonyl (C=O) groups is 1. The molecule has 6 nitrogen and oxygen atoms in total. The maximum Gasteiger partial charge on any atom is 0.220 e. The van der Waals surface area contributed by atoms with Gasteiger partial charge in [-0.15, -0.1) is 0 Å². The Bertz CT molecular complexity index is 732. The lowest BCUT2D eigenvalue weighted by Crippen LogP contribution is -2.32. The average molecular weight is 340 g/mol. The van der Waals surface area contributed by atoms with Gasteiger partial charge in [0.25, 0.3) is 0 Å². The fourth-order valence-electron chi connectivity index (χ4n) is 3.56. The van der Waals surface area contributed by atoms with E-state index in [1.54, 1.807) is 0 Å². The molecule has 4 rings (SSSR count). The van der Waals surface area contributed by atoms with Crippen LogP contribution in [0.25, 0.3) is 0 Å². The van der Waals surface area contributed by atoms with Crippen LogP contribution in [0.2, 0.25) is 0 Å². The van der Waals surface area contributed by atoms with Gasteiger partial charge in [0.2, 0.25) is 5.91 Å². The van der Waals surface area contributed by atoms with Crippen LogP contribution in [0.4, 0.5) is 0 Å². The minimum absolute atomic E-state index is 0.0418. The molecule has 132 valence electrons. The molecule has 1 aromatic carbocycles. The Morgan fingerprint density at radius 2 is 2.32 bits per heavy atom. The number of ether oxygens (including phenoxy) is 1. The Hall–Kier alpha value is -2.18. The third kappa shape index (κ3) is 3.75. The molecule has 0 unspecified atom stereocenters. The summed E-state index contributed by atoms with van der Waals surface area (Å²) < 4.78 is 7.87. The summed E-state index contributed by atoms with van der Waals surface area (Å²) in [4.78, 5) is 12.2. The highest BCUT2D eigenvalue weighted by atomic mass is 16.5. The highest BCUT2D eigenvalue weighted by Gasteiger charge is 2.21. The average Bonchev–Trinajstić information content (AvgIpc) is 3.07. The molecule has 0 saturated carbocycles. The van der Waals surface area contributed by atoms with E-state index in [1.807, 2.05) is 10.7 Å². The fraction of sp³-hybridized carbons (Fsp3) is 0.474. The molecule has 1 amide bonds. The Balaban J connectivity index is 1.28. The summed E-state index contributed by atoms with van der Waals surface area (Å²) in [5, 5.41) is 10.9. The zero-order valence-corrected chi connectivity index (χ0v) is 14.3. The second kappa shape index (κ2) is 7.37. The molecule has 2 N–H and O–H groups in total. The standard InChI is InChI=1S/C19H24N4O2/c24-19(6-5-15-11-16-12-20-8-9-23(16)22-15)21-13-18-17-4-2-1-3-14(17)7-10-25-18/h1-4,11,18,20H,5-10,12-13H2,(H,21,24)/t18-/m1/s1. The molecule has 2 aliphatic heterocycles. The van der Waals surface area contributed by atoms with Gasteiger partial charge in [-0.1, -0.05) is 24.3 Å². The monoisotopic (exact) mass is 340 g/mol. The van der Waals surface area contributed by atoms with E-state index < -0.39 is 0 Å². The zero-order chi connectivity index (χ0) is 17.1. The van der Waals surface area contributed by atoms with Crippen LogP contribution < -0.4 is 10.6 Å². The van der Waals surface area contributed by atoms with Crippen molar-refractivity contribution < 1.29 is 9.53 Å². The van der Waals surface area contributed by atoms with Crippen LogP contribution in [0.1, 0.15) is 35.0 Å². The van der Waals surface area contributed by atoms with E-state index in [1.165, 1.54) is 16.8 Å². The van der Waals surface area contributed by atoms with Crippen molar-refractivity contribution in [3.63, 3.8) is 0 Å². The second-order valence-corrected chi connectivity index (χ2v) is 6.64. The van der Waals surface area contributed by atoms with E-state index in [-0.39, 0.29) is 12.0 Å². The molecule has 2 aliphatic rings. The van der Waals surface area contributed by atoms with Crippen LogP contribution in [-0.2, 0) is 35.5 Å². The largest absolute Gasteiger partial charge is 0.371 e. The summed E-state index contributed by atoms with van der Waals surface area (Å²) in [5.41, 5.74) is 4.72. The van der Waals surface area contributed by atoms with E-state index in [0.717, 1.165) is 31.7 Å². The van der Waals surface area contributed by atoms with Gasteiger partial charge in [-0.2, -0.15) is 5.10 Å². The predicted octanol–water partition coefficient (Wildman–Crippen LogP) is 1.35. The van der Waals surface area contributed by atoms with Gasteiger partial charge < -0.3 is 15.4 Å². The zero-order valence-electron chi connectivity index (χ0n) is 14.3. The number of amides is 1. The van der Waals surface area contributed by atoms with Crippen LogP contribution in [0.15, 0.2) is 30.3 Å². The maximum absolute atomic E-state index is 12.2. The molecular weight excluding hydrogens is 316 g/mol. The Labute approximate surface area is 147 Å². The third-order valence-corrected chi connectivity index (χ3v) is 4.91. The van der Waals surface area contributed by atoms with Crippen molar-refractivity contribution in [3.05, 3.63) is 52.8 Å². The number of nitrogens with one attached hydrogen (secondary N) is 2. The second-order valence-electron chi connectivity index (χ2n) is 6.64. The first-order valence-corrected chi connectivity index (χ1v) is 9.02. The summed E-state index contributed by atoms with van der Waals surface area (Å²) in [6.45, 7) is 3.96. The molecule has 0 fully saturated rings. The van der Waals surface area contributed by atoms with Crippen molar-refractivity contribution in [2.45, 2.75) is 38.5 Å². The van der Waals surface area contributed by atoms with E-state index >= 15 is 0 Å². The summed E-state index contributed by atoms with van der Waals surface area (Å²) in [7, 11) is 0. The smallest absolute Gasteiger partial charge is 0.220 e. The van der Waals surface area contributed by atoms with Crippen molar-refractivity contribution >= 4 is 5.91 Å². The molecule has 0 saturated heterocycles. The summed E-state index contributed by atoms with van der Waals surface area (Å²) in [5.74, 6) is 0.0516. The van der Waals surface area contributed by atoms with Gasteiger partial charge in [-0.25, -0.2) is 0 Å². The molecule has 6 heteroatoms. The molecule has 0 radical (unpaired) electrons. The normalized spacial score (nSPS) is 19.1. The first-order valence-electron chi connectivity index (χ1n) is 9.02. The minimum atomic E-state index is -0.0418. The van der Waals surface area contributed by atoms with Gasteiger partial charge in [0.1, 0.15) is 6.10 Å². The van der Waals surface area contributed by atoms with Crippen LogP contribution in [0.3, 0.4) is 0 Å². The molecule has 3 heterocycles. The van der Waals surface area contributed by atoms with Gasteiger partial charge >= 0.3 is 0 Å². The van der Waals surface area contributed by atoms with Crippen LogP contribution in [0.5, 0.6) is 0 Å². The molecule has 0 bridgehead atoms. The Kier molecular flexibility index (Phi) is 4.81. The van der Waals surface area contributed by atoms with Crippen molar-refractivity contribution in [1.82, 2.24) is 20.4 Å². The molecule has 0 spiro atoms. The highest BCUT2D eigenvalue weighted by molar-refractivity contribution is 5.76. The van der Waals surface area contributed by atoms with E-state index in [9.17, 15) is 4.79 Å². The summed E-state index contributed by atoms with van der Waals surface area (Å²) in [6.07, 6.45) is 2.03. The molecule has 0 aliphatic carbocycles. The first-order chi connectivity index (χ1) is 12.3. The predicted molar refractivity (Wildman–Crippen MR) is 94.1 cm³/mol. The van der Waals surface area contributed by atoms with Gasteiger partial charge in [-0.3, -0.25) is 9.48 Å². The molecule has 1 aromatic heterocycles. The van der Waals surface area contributed by atoms with E-state index in [0.29, 0.717) is 26.0 Å². The Morgan fingerprint density at radius 3 is 3.24 bits per heavy atom. The number of aromatic nitrogens is 2. The van der Waals surface area contributed by atoms with Gasteiger partial charge in [0, 0.05) is 32.5 Å². The SMILES string of the molecule is O=C(CCc1cc2n(n1)CCNC2)NC[C@H]1OCCc2ccccc21. The van der Waals surface area contributed by atoms with E-state index in [4.69, 9.17) is 4.74 Å². The topological polar surface area (TPSA) is 68.2 Å². The number of fused-ring (bicyclic) bond motifs is 2. The Morgan fingerprint density at radius 1 is 1.40 bits per heavy atom. The lowest BCUT2D eigenvalue weighted by Gasteiger charge is -2.26. The van der Waals surface area contributed by atoms with Crippen LogP contribution in [0, 0.1) is 0 Å². The number of benzene rings is 1. The number of carbonyl (C=O) groups excluding carboxylic acids is 1.